The van der Waals surface area contributed by atoms with Crippen molar-refractivity contribution in [1.82, 2.24) is 10.3 Å². The number of rotatable bonds is 2. The molecule has 2 aromatic rings. The quantitative estimate of drug-likeness (QED) is 0.897. The van der Waals surface area contributed by atoms with Gasteiger partial charge in [-0.25, -0.2) is 0 Å². The number of hydrogen-bond acceptors (Lipinski definition) is 2. The van der Waals surface area contributed by atoms with Crippen LogP contribution in [0.4, 0.5) is 0 Å². The Labute approximate surface area is 114 Å². The first-order chi connectivity index (χ1) is 8.85. The smallest absolute Gasteiger partial charge is 0.226 e. The molecular formula is C16H20N2O. The SMILES string of the molecule is Cc1cccc2ccc(CC(=O)NC(C)(C)C)nc12. The molecular weight excluding hydrogens is 236 g/mol. The fourth-order valence-corrected chi connectivity index (χ4v) is 2.06. The molecule has 3 heteroatoms. The summed E-state index contributed by atoms with van der Waals surface area (Å²) in [5.74, 6) is 0.00735. The third-order valence-electron chi connectivity index (χ3n) is 2.84. The lowest BCUT2D eigenvalue weighted by Crippen LogP contribution is -2.41. The van der Waals surface area contributed by atoms with E-state index in [0.29, 0.717) is 6.42 Å². The van der Waals surface area contributed by atoms with E-state index in [9.17, 15) is 4.79 Å². The molecule has 0 saturated heterocycles. The van der Waals surface area contributed by atoms with E-state index in [0.717, 1.165) is 22.2 Å². The van der Waals surface area contributed by atoms with Crippen LogP contribution in [0.1, 0.15) is 32.0 Å². The van der Waals surface area contributed by atoms with Crippen LogP contribution in [0.15, 0.2) is 30.3 Å². The van der Waals surface area contributed by atoms with Crippen LogP contribution >= 0.6 is 0 Å². The van der Waals surface area contributed by atoms with Crippen molar-refractivity contribution in [2.24, 2.45) is 0 Å². The average molecular weight is 256 g/mol. The second-order valence-corrected chi connectivity index (χ2v) is 5.92. The number of carbonyl (C=O) groups is 1. The minimum absolute atomic E-state index is 0.00735. The minimum atomic E-state index is -0.205. The maximum absolute atomic E-state index is 11.9. The van der Waals surface area contributed by atoms with Crippen LogP contribution in [0.5, 0.6) is 0 Å². The van der Waals surface area contributed by atoms with Crippen molar-refractivity contribution in [3.8, 4) is 0 Å². The third-order valence-corrected chi connectivity index (χ3v) is 2.84. The zero-order valence-corrected chi connectivity index (χ0v) is 11.9. The number of benzene rings is 1. The molecule has 1 heterocycles. The first-order valence-corrected chi connectivity index (χ1v) is 6.51. The lowest BCUT2D eigenvalue weighted by Gasteiger charge is -2.20. The van der Waals surface area contributed by atoms with Gasteiger partial charge in [-0.3, -0.25) is 9.78 Å². The van der Waals surface area contributed by atoms with Crippen molar-refractivity contribution in [2.45, 2.75) is 39.7 Å². The van der Waals surface area contributed by atoms with Gasteiger partial charge in [0.15, 0.2) is 0 Å². The zero-order chi connectivity index (χ0) is 14.0. The summed E-state index contributed by atoms with van der Waals surface area (Å²) in [5.41, 5.74) is 2.71. The van der Waals surface area contributed by atoms with Gasteiger partial charge in [-0.1, -0.05) is 24.3 Å². The van der Waals surface area contributed by atoms with Gasteiger partial charge in [0.1, 0.15) is 0 Å². The van der Waals surface area contributed by atoms with Crippen LogP contribution in [-0.2, 0) is 11.2 Å². The summed E-state index contributed by atoms with van der Waals surface area (Å²) in [7, 11) is 0. The molecule has 2 rings (SSSR count). The van der Waals surface area contributed by atoms with Crippen LogP contribution < -0.4 is 5.32 Å². The van der Waals surface area contributed by atoms with Crippen molar-refractivity contribution in [3.63, 3.8) is 0 Å². The molecule has 0 radical (unpaired) electrons. The summed E-state index contributed by atoms with van der Waals surface area (Å²) in [6.45, 7) is 7.96. The van der Waals surface area contributed by atoms with Crippen molar-refractivity contribution >= 4 is 16.8 Å². The fraction of sp³-hybridized carbons (Fsp3) is 0.375. The van der Waals surface area contributed by atoms with E-state index in [-0.39, 0.29) is 11.4 Å². The number of carbonyl (C=O) groups excluding carboxylic acids is 1. The number of hydrogen-bond donors (Lipinski definition) is 1. The lowest BCUT2D eigenvalue weighted by atomic mass is 10.1. The molecule has 1 aromatic carbocycles. The fourth-order valence-electron chi connectivity index (χ4n) is 2.06. The lowest BCUT2D eigenvalue weighted by molar-refractivity contribution is -0.121. The van der Waals surface area contributed by atoms with Gasteiger partial charge in [0.05, 0.1) is 17.6 Å². The van der Waals surface area contributed by atoms with Crippen LogP contribution in [0.2, 0.25) is 0 Å². The van der Waals surface area contributed by atoms with Gasteiger partial charge in [0, 0.05) is 10.9 Å². The number of pyridine rings is 1. The van der Waals surface area contributed by atoms with E-state index in [2.05, 4.69) is 10.3 Å². The molecule has 0 spiro atoms. The normalized spacial score (nSPS) is 11.6. The highest BCUT2D eigenvalue weighted by Crippen LogP contribution is 2.16. The highest BCUT2D eigenvalue weighted by Gasteiger charge is 2.14. The summed E-state index contributed by atoms with van der Waals surface area (Å²) in [6.07, 6.45) is 0.321. The number of para-hydroxylation sites is 1. The van der Waals surface area contributed by atoms with Gasteiger partial charge in [0.25, 0.3) is 0 Å². The molecule has 0 aliphatic carbocycles. The molecule has 1 aromatic heterocycles. The van der Waals surface area contributed by atoms with Gasteiger partial charge in [-0.2, -0.15) is 0 Å². The van der Waals surface area contributed by atoms with E-state index in [1.807, 2.05) is 58.0 Å². The predicted molar refractivity (Wildman–Crippen MR) is 78.1 cm³/mol. The van der Waals surface area contributed by atoms with E-state index >= 15 is 0 Å². The molecule has 3 nitrogen and oxygen atoms in total. The zero-order valence-electron chi connectivity index (χ0n) is 11.9. The van der Waals surface area contributed by atoms with Crippen LogP contribution in [-0.4, -0.2) is 16.4 Å². The highest BCUT2D eigenvalue weighted by molar-refractivity contribution is 5.83. The number of aryl methyl sites for hydroxylation is 1. The van der Waals surface area contributed by atoms with Gasteiger partial charge in [-0.05, 0) is 39.3 Å². The standard InChI is InChI=1S/C16H20N2O/c1-11-6-5-7-12-8-9-13(17-15(11)12)10-14(19)18-16(2,3)4/h5-9H,10H2,1-4H3,(H,18,19). The molecule has 0 fully saturated rings. The second kappa shape index (κ2) is 5.00. The maximum atomic E-state index is 11.9. The molecule has 100 valence electrons. The Hall–Kier alpha value is -1.90. The van der Waals surface area contributed by atoms with Crippen molar-refractivity contribution in [3.05, 3.63) is 41.6 Å². The van der Waals surface area contributed by atoms with E-state index < -0.39 is 0 Å². The number of nitrogens with zero attached hydrogens (tertiary/aromatic N) is 1. The topological polar surface area (TPSA) is 42.0 Å². The average Bonchev–Trinajstić information content (AvgIpc) is 2.27. The summed E-state index contributed by atoms with van der Waals surface area (Å²) in [6, 6.07) is 10.0. The predicted octanol–water partition coefficient (Wildman–Crippen LogP) is 3.00. The molecule has 0 bridgehead atoms. The number of nitrogens with one attached hydrogen (secondary N) is 1. The van der Waals surface area contributed by atoms with Gasteiger partial charge >= 0.3 is 0 Å². The summed E-state index contributed by atoms with van der Waals surface area (Å²) >= 11 is 0. The van der Waals surface area contributed by atoms with Gasteiger partial charge in [0.2, 0.25) is 5.91 Å². The first-order valence-electron chi connectivity index (χ1n) is 6.51. The number of fused-ring (bicyclic) bond motifs is 1. The maximum Gasteiger partial charge on any atom is 0.226 e. The molecule has 1 N–H and O–H groups in total. The summed E-state index contributed by atoms with van der Waals surface area (Å²) in [4.78, 5) is 16.5. The van der Waals surface area contributed by atoms with Crippen molar-refractivity contribution in [2.75, 3.05) is 0 Å². The highest BCUT2D eigenvalue weighted by atomic mass is 16.1. The van der Waals surface area contributed by atoms with Gasteiger partial charge in [-0.15, -0.1) is 0 Å². The van der Waals surface area contributed by atoms with Crippen LogP contribution in [0, 0.1) is 6.92 Å². The monoisotopic (exact) mass is 256 g/mol. The van der Waals surface area contributed by atoms with E-state index in [4.69, 9.17) is 0 Å². The molecule has 1 amide bonds. The second-order valence-electron chi connectivity index (χ2n) is 5.92. The Balaban J connectivity index is 2.22. The largest absolute Gasteiger partial charge is 0.351 e. The van der Waals surface area contributed by atoms with E-state index in [1.165, 1.54) is 0 Å². The van der Waals surface area contributed by atoms with E-state index in [1.54, 1.807) is 0 Å². The molecule has 0 aliphatic heterocycles. The summed E-state index contributed by atoms with van der Waals surface area (Å²) < 4.78 is 0. The minimum Gasteiger partial charge on any atom is -0.351 e. The molecule has 19 heavy (non-hydrogen) atoms. The molecule has 0 unspecified atom stereocenters. The number of amides is 1. The number of aromatic nitrogens is 1. The van der Waals surface area contributed by atoms with Crippen molar-refractivity contribution < 1.29 is 4.79 Å². The molecule has 0 atom stereocenters. The molecule has 0 saturated carbocycles. The van der Waals surface area contributed by atoms with Crippen molar-refractivity contribution in [1.29, 1.82) is 0 Å². The van der Waals surface area contributed by atoms with Gasteiger partial charge < -0.3 is 5.32 Å². The Morgan fingerprint density at radius 2 is 1.95 bits per heavy atom. The van der Waals surface area contributed by atoms with Crippen LogP contribution in [0.25, 0.3) is 10.9 Å². The Morgan fingerprint density at radius 1 is 1.21 bits per heavy atom. The summed E-state index contributed by atoms with van der Waals surface area (Å²) in [5, 5.41) is 4.06. The van der Waals surface area contributed by atoms with Crippen LogP contribution in [0.3, 0.4) is 0 Å². The Kier molecular flexibility index (Phi) is 3.56. The molecule has 0 aliphatic rings. The third kappa shape index (κ3) is 3.53. The Bertz CT molecular complexity index is 612. The Morgan fingerprint density at radius 3 is 2.63 bits per heavy atom. The first kappa shape index (κ1) is 13.5.